The second-order valence-electron chi connectivity index (χ2n) is 4.72. The lowest BCUT2D eigenvalue weighted by Crippen LogP contribution is -2.19. The van der Waals surface area contributed by atoms with Gasteiger partial charge in [0.05, 0.1) is 14.2 Å². The van der Waals surface area contributed by atoms with Crippen LogP contribution in [0.1, 0.15) is 16.1 Å². The first-order chi connectivity index (χ1) is 11.5. The molecule has 0 saturated carbocycles. The van der Waals surface area contributed by atoms with Gasteiger partial charge in [0.2, 0.25) is 0 Å². The van der Waals surface area contributed by atoms with E-state index in [1.807, 2.05) is 0 Å². The van der Waals surface area contributed by atoms with Crippen molar-refractivity contribution in [3.63, 3.8) is 0 Å². The van der Waals surface area contributed by atoms with Crippen LogP contribution in [-0.4, -0.2) is 44.3 Å². The highest BCUT2D eigenvalue weighted by Gasteiger charge is 2.14. The summed E-state index contributed by atoms with van der Waals surface area (Å²) in [6.07, 6.45) is 0. The van der Waals surface area contributed by atoms with Gasteiger partial charge in [-0.1, -0.05) is 0 Å². The number of benzene rings is 1. The average molecular weight is 335 g/mol. The lowest BCUT2D eigenvalue weighted by atomic mass is 10.1. The number of esters is 1. The summed E-state index contributed by atoms with van der Waals surface area (Å²) >= 11 is 0. The van der Waals surface area contributed by atoms with Gasteiger partial charge in [0.1, 0.15) is 5.76 Å². The molecule has 0 bridgehead atoms. The molecule has 24 heavy (non-hydrogen) atoms. The Labute approximate surface area is 138 Å². The fourth-order valence-corrected chi connectivity index (χ4v) is 1.83. The van der Waals surface area contributed by atoms with Gasteiger partial charge in [0.15, 0.2) is 30.5 Å². The zero-order chi connectivity index (χ0) is 17.5. The minimum Gasteiger partial charge on any atom is -0.493 e. The van der Waals surface area contributed by atoms with Crippen LogP contribution >= 0.6 is 0 Å². The van der Waals surface area contributed by atoms with Crippen molar-refractivity contribution in [3.05, 3.63) is 35.6 Å². The molecule has 0 spiro atoms. The average Bonchev–Trinajstić information content (AvgIpc) is 3.02. The molecule has 0 saturated heterocycles. The van der Waals surface area contributed by atoms with Gasteiger partial charge in [-0.2, -0.15) is 0 Å². The molecule has 0 amide bonds. The van der Waals surface area contributed by atoms with E-state index >= 15 is 0 Å². The third kappa shape index (κ3) is 4.48. The number of ether oxygens (including phenoxy) is 4. The molecule has 0 N–H and O–H groups in total. The molecule has 8 nitrogen and oxygen atoms in total. The Kier molecular flexibility index (Phi) is 5.78. The molecule has 0 fully saturated rings. The van der Waals surface area contributed by atoms with Crippen LogP contribution in [-0.2, 0) is 9.53 Å². The number of hydrogen-bond donors (Lipinski definition) is 0. The van der Waals surface area contributed by atoms with E-state index in [1.165, 1.54) is 26.4 Å². The molecule has 0 aliphatic heterocycles. The lowest BCUT2D eigenvalue weighted by Gasteiger charge is -2.09. The summed E-state index contributed by atoms with van der Waals surface area (Å²) in [4.78, 5) is 23.6. The number of carbonyl (C=O) groups is 2. The van der Waals surface area contributed by atoms with E-state index in [-0.39, 0.29) is 18.3 Å². The smallest absolute Gasteiger partial charge is 0.344 e. The van der Waals surface area contributed by atoms with Crippen molar-refractivity contribution in [1.29, 1.82) is 0 Å². The van der Waals surface area contributed by atoms with Crippen molar-refractivity contribution >= 4 is 11.8 Å². The number of methoxy groups -OCH3 is 2. The van der Waals surface area contributed by atoms with Crippen LogP contribution in [0.15, 0.2) is 28.8 Å². The van der Waals surface area contributed by atoms with Crippen molar-refractivity contribution < 1.29 is 33.1 Å². The molecule has 2 rings (SSSR count). The van der Waals surface area contributed by atoms with Gasteiger partial charge in [-0.25, -0.2) is 4.79 Å². The summed E-state index contributed by atoms with van der Waals surface area (Å²) in [5, 5.41) is 3.57. The Morgan fingerprint density at radius 1 is 1.08 bits per heavy atom. The van der Waals surface area contributed by atoms with E-state index in [0.717, 1.165) is 0 Å². The first-order valence-corrected chi connectivity index (χ1v) is 7.00. The second-order valence-corrected chi connectivity index (χ2v) is 4.72. The maximum atomic E-state index is 12.1. The number of aryl methyl sites for hydroxylation is 1. The first kappa shape index (κ1) is 17.3. The molecule has 128 valence electrons. The minimum atomic E-state index is -0.690. The molecule has 1 aromatic carbocycles. The van der Waals surface area contributed by atoms with Crippen LogP contribution in [0.3, 0.4) is 0 Å². The molecule has 1 aromatic heterocycles. The molecular weight excluding hydrogens is 318 g/mol. The van der Waals surface area contributed by atoms with Crippen LogP contribution in [0.5, 0.6) is 17.4 Å². The fraction of sp³-hybridized carbons (Fsp3) is 0.312. The number of aromatic nitrogens is 1. The number of rotatable bonds is 8. The van der Waals surface area contributed by atoms with Crippen molar-refractivity contribution in [1.82, 2.24) is 5.16 Å². The fourth-order valence-electron chi connectivity index (χ4n) is 1.83. The number of Topliss-reactive ketones (excluding diaryl/α,β-unsaturated/α-hetero) is 1. The topological polar surface area (TPSA) is 97.1 Å². The Balaban J connectivity index is 1.84. The Morgan fingerprint density at radius 3 is 2.46 bits per heavy atom. The summed E-state index contributed by atoms with van der Waals surface area (Å²) in [6, 6.07) is 6.21. The molecule has 8 heteroatoms. The van der Waals surface area contributed by atoms with E-state index in [1.54, 1.807) is 19.1 Å². The summed E-state index contributed by atoms with van der Waals surface area (Å²) < 4.78 is 24.9. The molecular formula is C16H17NO7. The van der Waals surface area contributed by atoms with Crippen LogP contribution < -0.4 is 14.2 Å². The predicted molar refractivity (Wildman–Crippen MR) is 81.6 cm³/mol. The Hall–Kier alpha value is -3.03. The molecule has 2 aromatic rings. The van der Waals surface area contributed by atoms with E-state index in [2.05, 4.69) is 5.16 Å². The zero-order valence-corrected chi connectivity index (χ0v) is 13.5. The highest BCUT2D eigenvalue weighted by Crippen LogP contribution is 2.27. The van der Waals surface area contributed by atoms with E-state index in [4.69, 9.17) is 23.5 Å². The van der Waals surface area contributed by atoms with Crippen LogP contribution in [0.4, 0.5) is 0 Å². The normalized spacial score (nSPS) is 10.1. The number of nitrogens with zero attached hydrogens (tertiary/aromatic N) is 1. The molecule has 1 heterocycles. The highest BCUT2D eigenvalue weighted by atomic mass is 16.6. The zero-order valence-electron chi connectivity index (χ0n) is 13.5. The van der Waals surface area contributed by atoms with Crippen molar-refractivity contribution in [2.24, 2.45) is 0 Å². The maximum Gasteiger partial charge on any atom is 0.344 e. The van der Waals surface area contributed by atoms with Gasteiger partial charge < -0.3 is 23.5 Å². The largest absolute Gasteiger partial charge is 0.493 e. The summed E-state index contributed by atoms with van der Waals surface area (Å²) in [5.74, 6) is 0.588. The number of ketones is 1. The number of carbonyl (C=O) groups excluding carboxylic acids is 2. The van der Waals surface area contributed by atoms with E-state index in [0.29, 0.717) is 22.8 Å². The van der Waals surface area contributed by atoms with Gasteiger partial charge in [-0.15, -0.1) is 0 Å². The lowest BCUT2D eigenvalue weighted by molar-refractivity contribution is -0.144. The number of hydrogen-bond acceptors (Lipinski definition) is 8. The minimum absolute atomic E-state index is 0.177. The first-order valence-electron chi connectivity index (χ1n) is 7.00. The van der Waals surface area contributed by atoms with Crippen LogP contribution in [0.2, 0.25) is 0 Å². The second kappa shape index (κ2) is 8.00. The molecule has 0 aliphatic rings. The predicted octanol–water partition coefficient (Wildman–Crippen LogP) is 1.81. The van der Waals surface area contributed by atoms with E-state index in [9.17, 15) is 9.59 Å². The third-order valence-electron chi connectivity index (χ3n) is 3.01. The van der Waals surface area contributed by atoms with Gasteiger partial charge in [-0.3, -0.25) is 4.79 Å². The van der Waals surface area contributed by atoms with Crippen molar-refractivity contribution in [2.75, 3.05) is 27.4 Å². The van der Waals surface area contributed by atoms with Crippen LogP contribution in [0.25, 0.3) is 0 Å². The molecule has 0 radical (unpaired) electrons. The van der Waals surface area contributed by atoms with Crippen molar-refractivity contribution in [2.45, 2.75) is 6.92 Å². The monoisotopic (exact) mass is 335 g/mol. The molecule has 0 aliphatic carbocycles. The summed E-state index contributed by atoms with van der Waals surface area (Å²) in [5.41, 5.74) is 0.341. The summed E-state index contributed by atoms with van der Waals surface area (Å²) in [6.45, 7) is 0.917. The van der Waals surface area contributed by atoms with Crippen LogP contribution in [0, 0.1) is 6.92 Å². The van der Waals surface area contributed by atoms with Gasteiger partial charge in [0.25, 0.3) is 5.88 Å². The van der Waals surface area contributed by atoms with Gasteiger partial charge in [0, 0.05) is 11.6 Å². The molecule has 0 unspecified atom stereocenters. The quantitative estimate of drug-likeness (QED) is 0.532. The standard InChI is InChI=1S/C16H17NO7/c1-10-6-15(17-24-10)22-9-16(19)23-8-12(18)11-4-5-13(20-2)14(7-11)21-3/h4-7H,8-9H2,1-3H3. The van der Waals surface area contributed by atoms with Gasteiger partial charge >= 0.3 is 5.97 Å². The van der Waals surface area contributed by atoms with Crippen molar-refractivity contribution in [3.8, 4) is 17.4 Å². The molecule has 0 atom stereocenters. The Bertz CT molecular complexity index is 723. The Morgan fingerprint density at radius 2 is 1.83 bits per heavy atom. The highest BCUT2D eigenvalue weighted by molar-refractivity contribution is 5.98. The SMILES string of the molecule is COc1ccc(C(=O)COC(=O)COc2cc(C)on2)cc1OC. The van der Waals surface area contributed by atoms with E-state index < -0.39 is 12.6 Å². The van der Waals surface area contributed by atoms with Gasteiger partial charge in [-0.05, 0) is 30.3 Å². The summed E-state index contributed by atoms with van der Waals surface area (Å²) in [7, 11) is 2.96. The maximum absolute atomic E-state index is 12.1. The third-order valence-corrected chi connectivity index (χ3v) is 3.01.